The summed E-state index contributed by atoms with van der Waals surface area (Å²) in [5.41, 5.74) is 1.59. The number of rotatable bonds is 2. The average molecular weight is 332 g/mol. The number of hydrogen-bond donors (Lipinski definition) is 1. The first-order chi connectivity index (χ1) is 11.2. The highest BCUT2D eigenvalue weighted by molar-refractivity contribution is 6.30. The molecule has 0 aromatic heterocycles. The maximum Gasteiger partial charge on any atom is 0.265 e. The van der Waals surface area contributed by atoms with E-state index in [0.29, 0.717) is 47.6 Å². The van der Waals surface area contributed by atoms with E-state index in [2.05, 4.69) is 5.32 Å². The number of carbonyl (C=O) groups is 1. The number of anilines is 1. The highest BCUT2D eigenvalue weighted by Crippen LogP contribution is 2.34. The Bertz CT molecular complexity index is 777. The molecule has 2 aromatic rings. The molecular formula is C17H14ClNO4. The molecule has 4 rings (SSSR count). The topological polar surface area (TPSA) is 56.8 Å². The second-order valence-corrected chi connectivity index (χ2v) is 5.85. The zero-order chi connectivity index (χ0) is 15.8. The first kappa shape index (κ1) is 14.2. The number of ether oxygens (including phenoxy) is 3. The molecule has 1 N–H and O–H groups in total. The lowest BCUT2D eigenvalue weighted by Gasteiger charge is -2.19. The number of benzene rings is 2. The molecule has 1 atom stereocenters. The lowest BCUT2D eigenvalue weighted by Crippen LogP contribution is -2.31. The quantitative estimate of drug-likeness (QED) is 0.919. The van der Waals surface area contributed by atoms with Crippen LogP contribution in [0.2, 0.25) is 5.02 Å². The summed E-state index contributed by atoms with van der Waals surface area (Å²) in [6.45, 7) is 1.04. The van der Waals surface area contributed by atoms with Crippen LogP contribution in [0.5, 0.6) is 17.2 Å². The smallest absolute Gasteiger partial charge is 0.265 e. The van der Waals surface area contributed by atoms with E-state index >= 15 is 0 Å². The average Bonchev–Trinajstić information content (AvgIpc) is 2.98. The first-order valence-electron chi connectivity index (χ1n) is 7.35. The molecule has 0 unspecified atom stereocenters. The van der Waals surface area contributed by atoms with E-state index in [1.807, 2.05) is 6.07 Å². The SMILES string of the molecule is O=C(Nc1ccc2c(c1)OCCO2)[C@H]1Cc2cc(Cl)ccc2O1. The van der Waals surface area contributed by atoms with Crippen molar-refractivity contribution in [1.82, 2.24) is 0 Å². The molecule has 0 spiro atoms. The van der Waals surface area contributed by atoms with Gasteiger partial charge in [0.1, 0.15) is 19.0 Å². The molecule has 5 nitrogen and oxygen atoms in total. The normalized spacial score (nSPS) is 18.0. The Morgan fingerprint density at radius 1 is 1.04 bits per heavy atom. The minimum Gasteiger partial charge on any atom is -0.486 e. The van der Waals surface area contributed by atoms with Crippen molar-refractivity contribution in [3.63, 3.8) is 0 Å². The van der Waals surface area contributed by atoms with Gasteiger partial charge < -0.3 is 19.5 Å². The number of hydrogen-bond acceptors (Lipinski definition) is 4. The Kier molecular flexibility index (Phi) is 3.50. The molecule has 2 heterocycles. The Morgan fingerprint density at radius 3 is 2.70 bits per heavy atom. The number of fused-ring (bicyclic) bond motifs is 2. The van der Waals surface area contributed by atoms with Gasteiger partial charge in [-0.15, -0.1) is 0 Å². The Labute approximate surface area is 138 Å². The van der Waals surface area contributed by atoms with Crippen LogP contribution >= 0.6 is 11.6 Å². The van der Waals surface area contributed by atoms with E-state index in [1.165, 1.54) is 0 Å². The second-order valence-electron chi connectivity index (χ2n) is 5.41. The van der Waals surface area contributed by atoms with Gasteiger partial charge >= 0.3 is 0 Å². The highest BCUT2D eigenvalue weighted by Gasteiger charge is 2.29. The third kappa shape index (κ3) is 2.80. The van der Waals surface area contributed by atoms with Gasteiger partial charge in [-0.25, -0.2) is 0 Å². The molecule has 2 aliphatic rings. The molecule has 2 aliphatic heterocycles. The van der Waals surface area contributed by atoms with E-state index in [1.54, 1.807) is 30.3 Å². The van der Waals surface area contributed by atoms with Gasteiger partial charge in [-0.3, -0.25) is 4.79 Å². The van der Waals surface area contributed by atoms with E-state index in [9.17, 15) is 4.79 Å². The first-order valence-corrected chi connectivity index (χ1v) is 7.72. The van der Waals surface area contributed by atoms with Crippen LogP contribution in [0.3, 0.4) is 0 Å². The van der Waals surface area contributed by atoms with Crippen molar-refractivity contribution < 1.29 is 19.0 Å². The fourth-order valence-corrected chi connectivity index (χ4v) is 2.90. The molecule has 23 heavy (non-hydrogen) atoms. The Balaban J connectivity index is 1.47. The fraction of sp³-hybridized carbons (Fsp3) is 0.235. The molecule has 0 saturated carbocycles. The van der Waals surface area contributed by atoms with Crippen molar-refractivity contribution in [3.8, 4) is 17.2 Å². The van der Waals surface area contributed by atoms with Gasteiger partial charge in [0.05, 0.1) is 0 Å². The monoisotopic (exact) mass is 331 g/mol. The van der Waals surface area contributed by atoms with Gasteiger partial charge in [0.2, 0.25) is 0 Å². The zero-order valence-corrected chi connectivity index (χ0v) is 12.9. The highest BCUT2D eigenvalue weighted by atomic mass is 35.5. The van der Waals surface area contributed by atoms with Gasteiger partial charge in [0, 0.05) is 23.2 Å². The van der Waals surface area contributed by atoms with Crippen LogP contribution in [0.25, 0.3) is 0 Å². The molecule has 0 aliphatic carbocycles. The van der Waals surface area contributed by atoms with E-state index in [0.717, 1.165) is 5.56 Å². The van der Waals surface area contributed by atoms with Crippen LogP contribution in [0.4, 0.5) is 5.69 Å². The van der Waals surface area contributed by atoms with Gasteiger partial charge in [0.25, 0.3) is 5.91 Å². The van der Waals surface area contributed by atoms with Crippen molar-refractivity contribution in [2.75, 3.05) is 18.5 Å². The van der Waals surface area contributed by atoms with Crippen molar-refractivity contribution in [3.05, 3.63) is 47.0 Å². The Hall–Kier alpha value is -2.40. The summed E-state index contributed by atoms with van der Waals surface area (Å²) >= 11 is 5.97. The molecule has 118 valence electrons. The van der Waals surface area contributed by atoms with Crippen molar-refractivity contribution in [2.24, 2.45) is 0 Å². The largest absolute Gasteiger partial charge is 0.486 e. The number of nitrogens with one attached hydrogen (secondary N) is 1. The molecule has 6 heteroatoms. The molecule has 0 saturated heterocycles. The minimum atomic E-state index is -0.559. The van der Waals surface area contributed by atoms with Crippen LogP contribution in [0.15, 0.2) is 36.4 Å². The summed E-state index contributed by atoms with van der Waals surface area (Å²) in [5, 5.41) is 3.49. The lowest BCUT2D eigenvalue weighted by atomic mass is 10.1. The van der Waals surface area contributed by atoms with E-state index < -0.39 is 6.10 Å². The summed E-state index contributed by atoms with van der Waals surface area (Å²) in [7, 11) is 0. The van der Waals surface area contributed by atoms with Gasteiger partial charge in [-0.2, -0.15) is 0 Å². The van der Waals surface area contributed by atoms with Crippen molar-refractivity contribution in [1.29, 1.82) is 0 Å². The van der Waals surface area contributed by atoms with Crippen molar-refractivity contribution >= 4 is 23.2 Å². The van der Waals surface area contributed by atoms with Crippen LogP contribution in [0, 0.1) is 0 Å². The second kappa shape index (κ2) is 5.66. The Morgan fingerprint density at radius 2 is 1.83 bits per heavy atom. The maximum atomic E-state index is 12.4. The number of carbonyl (C=O) groups excluding carboxylic acids is 1. The standard InChI is InChI=1S/C17H14ClNO4/c18-11-1-3-13-10(7-11)8-16(23-13)17(20)19-12-2-4-14-15(9-12)22-6-5-21-14/h1-4,7,9,16H,5-6,8H2,(H,19,20)/t16-/m1/s1. The minimum absolute atomic E-state index is 0.200. The summed E-state index contributed by atoms with van der Waals surface area (Å²) in [6, 6.07) is 10.7. The predicted molar refractivity (Wildman–Crippen MR) is 85.6 cm³/mol. The summed E-state index contributed by atoms with van der Waals surface area (Å²) < 4.78 is 16.7. The van der Waals surface area contributed by atoms with Gasteiger partial charge in [-0.05, 0) is 35.9 Å². The van der Waals surface area contributed by atoms with E-state index in [4.69, 9.17) is 25.8 Å². The molecule has 2 aromatic carbocycles. The third-order valence-electron chi connectivity index (χ3n) is 3.80. The van der Waals surface area contributed by atoms with Crippen LogP contribution < -0.4 is 19.5 Å². The number of halogens is 1. The van der Waals surface area contributed by atoms with Crippen LogP contribution in [-0.4, -0.2) is 25.2 Å². The van der Waals surface area contributed by atoms with Gasteiger partial charge in [0.15, 0.2) is 17.6 Å². The lowest BCUT2D eigenvalue weighted by molar-refractivity contribution is -0.122. The maximum absolute atomic E-state index is 12.4. The predicted octanol–water partition coefficient (Wildman–Crippen LogP) is 3.05. The molecule has 0 bridgehead atoms. The summed E-state index contributed by atoms with van der Waals surface area (Å²) in [6.07, 6.45) is -0.0524. The molecular weight excluding hydrogens is 318 g/mol. The summed E-state index contributed by atoms with van der Waals surface area (Å²) in [5.74, 6) is 1.83. The molecule has 1 amide bonds. The third-order valence-corrected chi connectivity index (χ3v) is 4.03. The summed E-state index contributed by atoms with van der Waals surface area (Å²) in [4.78, 5) is 12.4. The molecule has 0 fully saturated rings. The molecule has 0 radical (unpaired) electrons. The fourth-order valence-electron chi connectivity index (χ4n) is 2.71. The van der Waals surface area contributed by atoms with Crippen LogP contribution in [-0.2, 0) is 11.2 Å². The van der Waals surface area contributed by atoms with Crippen molar-refractivity contribution in [2.45, 2.75) is 12.5 Å². The number of amides is 1. The van der Waals surface area contributed by atoms with E-state index in [-0.39, 0.29) is 5.91 Å². The van der Waals surface area contributed by atoms with Crippen LogP contribution in [0.1, 0.15) is 5.56 Å². The zero-order valence-electron chi connectivity index (χ0n) is 12.2. The van der Waals surface area contributed by atoms with Gasteiger partial charge in [-0.1, -0.05) is 11.6 Å².